The fourth-order valence-electron chi connectivity index (χ4n) is 7.69. The van der Waals surface area contributed by atoms with Crippen molar-refractivity contribution in [3.63, 3.8) is 0 Å². The van der Waals surface area contributed by atoms with Crippen molar-refractivity contribution in [2.45, 2.75) is 187 Å². The molecule has 0 amide bonds. The van der Waals surface area contributed by atoms with Gasteiger partial charge in [-0.1, -0.05) is 90.2 Å². The number of furan rings is 1. The molecule has 0 radical (unpaired) electrons. The van der Waals surface area contributed by atoms with Crippen LogP contribution >= 0.6 is 7.82 Å². The van der Waals surface area contributed by atoms with Gasteiger partial charge in [-0.25, -0.2) is 4.57 Å². The number of carbonyl (C=O) groups is 2. The number of nitrogens with zero attached hydrogens (tertiary/aromatic N) is 1. The Balaban J connectivity index is 1.76. The average Bonchev–Trinajstić information content (AvgIpc) is 3.60. The SMILES string of the molecule is CCCCC[C@H](O)/C=C/[C@@H]1[C@@H](CCCCCCC(=O)O[C@H](COC(=O)CCCCCCCCc2oc(CCC)c(C)c2C)COP(=O)(O)OCC[N+](C)(C)C)[C@@H](O)C[C@H]1O. The smallest absolute Gasteiger partial charge is 0.466 e. The average molecular weight is 873 g/mol. The zero-order chi connectivity index (χ0) is 44.6. The number of hydrogen-bond acceptors (Lipinski definition) is 11. The maximum atomic E-state index is 12.9. The zero-order valence-electron chi connectivity index (χ0n) is 38.2. The predicted octanol–water partition coefficient (Wildman–Crippen LogP) is 8.61. The Labute approximate surface area is 361 Å². The number of likely N-dealkylation sites (N-methyl/N-ethyl adjacent to an activating group) is 1. The second kappa shape index (κ2) is 29.3. The van der Waals surface area contributed by atoms with Gasteiger partial charge in [0.2, 0.25) is 0 Å². The molecule has 1 aliphatic carbocycles. The number of unbranched alkanes of at least 4 members (excludes halogenated alkanes) is 10. The first-order valence-corrected chi connectivity index (χ1v) is 24.5. The quantitative estimate of drug-likeness (QED) is 0.0170. The summed E-state index contributed by atoms with van der Waals surface area (Å²) >= 11 is 0. The van der Waals surface area contributed by atoms with Crippen LogP contribution < -0.4 is 0 Å². The Morgan fingerprint density at radius 2 is 1.42 bits per heavy atom. The summed E-state index contributed by atoms with van der Waals surface area (Å²) < 4.78 is 40.5. The first kappa shape index (κ1) is 54.0. The summed E-state index contributed by atoms with van der Waals surface area (Å²) in [6.45, 7) is 8.23. The summed E-state index contributed by atoms with van der Waals surface area (Å²) in [7, 11) is 1.32. The van der Waals surface area contributed by atoms with Crippen molar-refractivity contribution >= 4 is 19.8 Å². The Morgan fingerprint density at radius 1 is 0.800 bits per heavy atom. The molecule has 0 aliphatic heterocycles. The molecule has 1 fully saturated rings. The molecule has 0 saturated heterocycles. The van der Waals surface area contributed by atoms with Crippen LogP contribution in [-0.4, -0.2) is 109 Å². The van der Waals surface area contributed by atoms with E-state index in [4.69, 9.17) is 22.9 Å². The van der Waals surface area contributed by atoms with Gasteiger partial charge in [-0.2, -0.15) is 0 Å². The van der Waals surface area contributed by atoms with E-state index in [9.17, 15) is 34.4 Å². The fourth-order valence-corrected chi connectivity index (χ4v) is 8.43. The Kier molecular flexibility index (Phi) is 26.4. The summed E-state index contributed by atoms with van der Waals surface area (Å²) in [5.74, 6) is 0.944. The summed E-state index contributed by atoms with van der Waals surface area (Å²) in [5, 5.41) is 31.5. The van der Waals surface area contributed by atoms with Gasteiger partial charge in [-0.3, -0.25) is 18.6 Å². The van der Waals surface area contributed by atoms with Gasteiger partial charge in [0, 0.05) is 38.0 Å². The summed E-state index contributed by atoms with van der Waals surface area (Å²) in [6, 6.07) is 0. The summed E-state index contributed by atoms with van der Waals surface area (Å²) in [5.41, 5.74) is 2.55. The van der Waals surface area contributed by atoms with Crippen LogP contribution in [0.4, 0.5) is 0 Å². The van der Waals surface area contributed by atoms with Crippen LogP contribution in [0.5, 0.6) is 0 Å². The van der Waals surface area contributed by atoms with Crippen molar-refractivity contribution in [1.82, 2.24) is 0 Å². The van der Waals surface area contributed by atoms with Crippen LogP contribution in [0.15, 0.2) is 16.6 Å². The standard InChI is InChI=1S/C46H82NO12P/c1-8-10-17-23-37(48)28-29-40-39(41(49)32-42(40)50)24-18-15-16-21-27-46(52)58-38(34-57-60(53,54)56-31-30-47(5,6)7)33-55-45(51)26-20-14-12-11-13-19-25-44-36(4)35(3)43(59-44)22-9-2/h28-29,37-42,48-50H,8-27,30-34H2,1-7H3/p+1/b29-28+/t37-,38+,39+,40+,41-,42+/m0/s1. The van der Waals surface area contributed by atoms with Gasteiger partial charge < -0.3 is 38.6 Å². The van der Waals surface area contributed by atoms with Crippen LogP contribution in [0, 0.1) is 25.7 Å². The minimum absolute atomic E-state index is 0.0140. The molecular formula is C46H83NO12P+. The topological polar surface area (TPSA) is 182 Å². The molecule has 2 rings (SSSR count). The highest BCUT2D eigenvalue weighted by atomic mass is 31.2. The predicted molar refractivity (Wildman–Crippen MR) is 234 cm³/mol. The van der Waals surface area contributed by atoms with E-state index in [0.29, 0.717) is 36.7 Å². The van der Waals surface area contributed by atoms with E-state index in [1.807, 2.05) is 27.2 Å². The van der Waals surface area contributed by atoms with Gasteiger partial charge in [0.15, 0.2) is 6.10 Å². The fraction of sp³-hybridized carbons (Fsp3) is 0.826. The molecule has 13 nitrogen and oxygen atoms in total. The van der Waals surface area contributed by atoms with Crippen molar-refractivity contribution in [3.05, 3.63) is 34.8 Å². The monoisotopic (exact) mass is 873 g/mol. The van der Waals surface area contributed by atoms with Crippen molar-refractivity contribution < 1.29 is 61.8 Å². The van der Waals surface area contributed by atoms with Crippen molar-refractivity contribution in [2.75, 3.05) is 47.5 Å². The van der Waals surface area contributed by atoms with E-state index in [-0.39, 0.29) is 37.9 Å². The van der Waals surface area contributed by atoms with E-state index in [2.05, 4.69) is 27.7 Å². The van der Waals surface area contributed by atoms with E-state index < -0.39 is 50.8 Å². The minimum Gasteiger partial charge on any atom is -0.466 e. The first-order valence-electron chi connectivity index (χ1n) is 23.0. The van der Waals surface area contributed by atoms with Gasteiger partial charge in [0.25, 0.3) is 0 Å². The molecular weight excluding hydrogens is 789 g/mol. The summed E-state index contributed by atoms with van der Waals surface area (Å²) in [6.07, 6.45) is 17.6. The normalized spacial score (nSPS) is 20.4. The number of hydrogen-bond donors (Lipinski definition) is 4. The molecule has 1 saturated carbocycles. The van der Waals surface area contributed by atoms with Crippen LogP contribution in [0.25, 0.3) is 0 Å². The highest BCUT2D eigenvalue weighted by Crippen LogP contribution is 2.43. The minimum atomic E-state index is -4.45. The lowest BCUT2D eigenvalue weighted by Crippen LogP contribution is -2.37. The molecule has 1 aromatic heterocycles. The van der Waals surface area contributed by atoms with Gasteiger partial charge in [0.1, 0.15) is 31.3 Å². The van der Waals surface area contributed by atoms with Crippen molar-refractivity contribution in [3.8, 4) is 0 Å². The third kappa shape index (κ3) is 22.8. The largest absolute Gasteiger partial charge is 0.472 e. The van der Waals surface area contributed by atoms with Gasteiger partial charge in [-0.15, -0.1) is 0 Å². The number of phosphoric ester groups is 1. The second-order valence-electron chi connectivity index (χ2n) is 18.0. The molecule has 348 valence electrons. The lowest BCUT2D eigenvalue weighted by molar-refractivity contribution is -0.870. The summed E-state index contributed by atoms with van der Waals surface area (Å²) in [4.78, 5) is 35.7. The molecule has 60 heavy (non-hydrogen) atoms. The molecule has 1 unspecified atom stereocenters. The molecule has 0 aromatic carbocycles. The van der Waals surface area contributed by atoms with E-state index >= 15 is 0 Å². The Morgan fingerprint density at radius 3 is 2.07 bits per heavy atom. The number of carbonyl (C=O) groups excluding carboxylic acids is 2. The van der Waals surface area contributed by atoms with Crippen molar-refractivity contribution in [2.24, 2.45) is 11.8 Å². The van der Waals surface area contributed by atoms with Gasteiger partial charge in [-0.05, 0) is 69.4 Å². The van der Waals surface area contributed by atoms with Gasteiger partial charge in [0.05, 0.1) is 46.1 Å². The highest BCUT2D eigenvalue weighted by Gasteiger charge is 2.39. The number of aliphatic hydroxyl groups excluding tert-OH is 3. The van der Waals surface area contributed by atoms with Crippen molar-refractivity contribution in [1.29, 1.82) is 0 Å². The van der Waals surface area contributed by atoms with Crippen LogP contribution in [-0.2, 0) is 45.5 Å². The number of rotatable bonds is 34. The van der Waals surface area contributed by atoms with E-state index in [1.54, 1.807) is 6.08 Å². The van der Waals surface area contributed by atoms with E-state index in [0.717, 1.165) is 108 Å². The van der Waals surface area contributed by atoms with Crippen LogP contribution in [0.1, 0.15) is 158 Å². The van der Waals surface area contributed by atoms with Gasteiger partial charge >= 0.3 is 19.8 Å². The molecule has 1 aliphatic rings. The number of aryl methyl sites for hydroxylation is 2. The number of ether oxygens (including phenoxy) is 2. The lowest BCUT2D eigenvalue weighted by Gasteiger charge is -2.24. The van der Waals surface area contributed by atoms with E-state index in [1.165, 1.54) is 11.1 Å². The van der Waals surface area contributed by atoms with Crippen LogP contribution in [0.2, 0.25) is 0 Å². The second-order valence-corrected chi connectivity index (χ2v) is 19.4. The highest BCUT2D eigenvalue weighted by molar-refractivity contribution is 7.47. The molecule has 0 spiro atoms. The Bertz CT molecular complexity index is 1420. The zero-order valence-corrected chi connectivity index (χ0v) is 39.1. The first-order chi connectivity index (χ1) is 28.5. The number of phosphoric acid groups is 1. The molecule has 0 bridgehead atoms. The number of aliphatic hydroxyl groups is 3. The number of quaternary nitrogens is 1. The molecule has 7 atom stereocenters. The Hall–Kier alpha value is -2.09. The molecule has 1 heterocycles. The molecule has 4 N–H and O–H groups in total. The lowest BCUT2D eigenvalue weighted by atomic mass is 9.88. The molecule has 14 heteroatoms. The number of esters is 2. The van der Waals surface area contributed by atoms with Crippen LogP contribution in [0.3, 0.4) is 0 Å². The maximum Gasteiger partial charge on any atom is 0.472 e. The maximum absolute atomic E-state index is 12.9. The third-order valence-electron chi connectivity index (χ3n) is 11.6. The third-order valence-corrected chi connectivity index (χ3v) is 12.6. The molecule has 1 aromatic rings.